The van der Waals surface area contributed by atoms with Gasteiger partial charge in [0.2, 0.25) is 0 Å². The minimum atomic E-state index is 0.793. The largest absolute Gasteiger partial charge is 0.355 e. The summed E-state index contributed by atoms with van der Waals surface area (Å²) in [7, 11) is 3.98. The summed E-state index contributed by atoms with van der Waals surface area (Å²) in [6, 6.07) is 2.12. The number of pyridine rings is 1. The number of hydrogen-bond acceptors (Lipinski definition) is 4. The molecule has 6 heteroatoms. The van der Waals surface area contributed by atoms with E-state index in [1.165, 1.54) is 11.1 Å². The molecular formula is C14H20BrN5. The van der Waals surface area contributed by atoms with E-state index < -0.39 is 0 Å². The van der Waals surface area contributed by atoms with E-state index in [2.05, 4.69) is 56.3 Å². The van der Waals surface area contributed by atoms with Gasteiger partial charge in [-0.3, -0.25) is 4.68 Å². The van der Waals surface area contributed by atoms with E-state index in [9.17, 15) is 0 Å². The molecule has 0 aliphatic rings. The van der Waals surface area contributed by atoms with E-state index in [1.807, 2.05) is 30.3 Å². The lowest BCUT2D eigenvalue weighted by atomic mass is 10.2. The molecule has 0 unspecified atom stereocenters. The van der Waals surface area contributed by atoms with Crippen molar-refractivity contribution in [3.8, 4) is 0 Å². The van der Waals surface area contributed by atoms with Crippen molar-refractivity contribution in [3.05, 3.63) is 40.3 Å². The number of nitrogens with one attached hydrogen (secondary N) is 1. The van der Waals surface area contributed by atoms with Crippen LogP contribution in [-0.4, -0.2) is 28.4 Å². The van der Waals surface area contributed by atoms with Gasteiger partial charge in [-0.25, -0.2) is 4.98 Å². The quantitative estimate of drug-likeness (QED) is 0.878. The van der Waals surface area contributed by atoms with Crippen LogP contribution in [0.2, 0.25) is 0 Å². The zero-order valence-corrected chi connectivity index (χ0v) is 13.7. The molecule has 2 rings (SSSR count). The molecule has 0 fully saturated rings. The topological polar surface area (TPSA) is 46.0 Å². The van der Waals surface area contributed by atoms with Crippen molar-refractivity contribution in [2.75, 3.05) is 18.5 Å². The molecule has 2 aromatic heterocycles. The van der Waals surface area contributed by atoms with Gasteiger partial charge < -0.3 is 10.2 Å². The van der Waals surface area contributed by atoms with Gasteiger partial charge in [0.15, 0.2) is 0 Å². The summed E-state index contributed by atoms with van der Waals surface area (Å²) in [4.78, 5) is 6.69. The molecule has 1 N–H and O–H groups in total. The Morgan fingerprint density at radius 1 is 1.40 bits per heavy atom. The van der Waals surface area contributed by atoms with Crippen LogP contribution in [-0.2, 0) is 20.1 Å². The summed E-state index contributed by atoms with van der Waals surface area (Å²) in [5, 5.41) is 7.55. The number of aryl methyl sites for hydroxylation is 1. The second-order valence-corrected chi connectivity index (χ2v) is 5.71. The average Bonchev–Trinajstić information content (AvgIpc) is 2.81. The Balaban J connectivity index is 2.17. The normalized spacial score (nSPS) is 10.8. The first-order valence-electron chi connectivity index (χ1n) is 6.64. The summed E-state index contributed by atoms with van der Waals surface area (Å²) in [6.07, 6.45) is 5.75. The highest BCUT2D eigenvalue weighted by atomic mass is 79.9. The van der Waals surface area contributed by atoms with Crippen LogP contribution in [0.4, 0.5) is 5.82 Å². The van der Waals surface area contributed by atoms with Gasteiger partial charge in [-0.1, -0.05) is 6.92 Å². The van der Waals surface area contributed by atoms with Crippen LogP contribution < -0.4 is 10.2 Å². The maximum atomic E-state index is 4.55. The highest BCUT2D eigenvalue weighted by Crippen LogP contribution is 2.22. The molecule has 20 heavy (non-hydrogen) atoms. The first-order valence-corrected chi connectivity index (χ1v) is 7.43. The molecule has 0 radical (unpaired) electrons. The Bertz CT molecular complexity index is 566. The highest BCUT2D eigenvalue weighted by Gasteiger charge is 2.11. The molecule has 0 saturated heterocycles. The lowest BCUT2D eigenvalue weighted by Crippen LogP contribution is -2.21. The Morgan fingerprint density at radius 3 is 2.85 bits per heavy atom. The van der Waals surface area contributed by atoms with E-state index >= 15 is 0 Å². The van der Waals surface area contributed by atoms with Gasteiger partial charge >= 0.3 is 0 Å². The van der Waals surface area contributed by atoms with Crippen LogP contribution in [0.25, 0.3) is 0 Å². The van der Waals surface area contributed by atoms with Gasteiger partial charge in [-0.05, 0) is 28.5 Å². The number of nitrogens with zero attached hydrogens (tertiary/aromatic N) is 4. The summed E-state index contributed by atoms with van der Waals surface area (Å²) < 4.78 is 2.82. The Kier molecular flexibility index (Phi) is 5.14. The van der Waals surface area contributed by atoms with Crippen LogP contribution in [0, 0.1) is 0 Å². The maximum absolute atomic E-state index is 4.55. The van der Waals surface area contributed by atoms with E-state index in [4.69, 9.17) is 0 Å². The fraction of sp³-hybridized carbons (Fsp3) is 0.429. The molecule has 0 spiro atoms. The Hall–Kier alpha value is -1.40. The van der Waals surface area contributed by atoms with Crippen molar-refractivity contribution >= 4 is 21.7 Å². The monoisotopic (exact) mass is 337 g/mol. The molecular weight excluding hydrogens is 318 g/mol. The lowest BCUT2D eigenvalue weighted by Gasteiger charge is -2.21. The summed E-state index contributed by atoms with van der Waals surface area (Å²) in [5.41, 5.74) is 2.36. The third-order valence-corrected chi connectivity index (χ3v) is 3.45. The fourth-order valence-corrected chi connectivity index (χ4v) is 2.49. The van der Waals surface area contributed by atoms with Gasteiger partial charge in [0.1, 0.15) is 5.82 Å². The first-order chi connectivity index (χ1) is 9.60. The molecule has 2 aromatic rings. The number of aromatic nitrogens is 3. The van der Waals surface area contributed by atoms with Crippen LogP contribution in [0.1, 0.15) is 18.1 Å². The van der Waals surface area contributed by atoms with E-state index in [1.54, 1.807) is 0 Å². The Morgan fingerprint density at radius 2 is 2.20 bits per heavy atom. The minimum Gasteiger partial charge on any atom is -0.355 e. The summed E-state index contributed by atoms with van der Waals surface area (Å²) in [5.74, 6) is 0.998. The molecule has 2 heterocycles. The zero-order valence-electron chi connectivity index (χ0n) is 12.1. The molecule has 0 bridgehead atoms. The first kappa shape index (κ1) is 15.0. The van der Waals surface area contributed by atoms with Crippen molar-refractivity contribution < 1.29 is 0 Å². The second kappa shape index (κ2) is 6.85. The average molecular weight is 338 g/mol. The van der Waals surface area contributed by atoms with Gasteiger partial charge in [0, 0.05) is 55.2 Å². The third-order valence-electron chi connectivity index (χ3n) is 3.01. The smallest absolute Gasteiger partial charge is 0.133 e. The SMILES string of the molecule is CCNCc1cc(Br)cnc1N(C)Cc1cnn(C)c1. The van der Waals surface area contributed by atoms with Gasteiger partial charge in [-0.15, -0.1) is 0 Å². The maximum Gasteiger partial charge on any atom is 0.133 e. The molecule has 0 saturated carbocycles. The summed E-state index contributed by atoms with van der Waals surface area (Å²) in [6.45, 7) is 4.65. The molecule has 0 aliphatic carbocycles. The van der Waals surface area contributed by atoms with Gasteiger partial charge in [0.25, 0.3) is 0 Å². The molecule has 0 aromatic carbocycles. The molecule has 0 aliphatic heterocycles. The van der Waals surface area contributed by atoms with Crippen LogP contribution >= 0.6 is 15.9 Å². The highest BCUT2D eigenvalue weighted by molar-refractivity contribution is 9.10. The number of hydrogen-bond donors (Lipinski definition) is 1. The lowest BCUT2D eigenvalue weighted by molar-refractivity contribution is 0.718. The van der Waals surface area contributed by atoms with Crippen LogP contribution in [0.15, 0.2) is 29.1 Å². The second-order valence-electron chi connectivity index (χ2n) is 4.79. The third kappa shape index (κ3) is 3.80. The van der Waals surface area contributed by atoms with Crippen molar-refractivity contribution in [2.24, 2.45) is 7.05 Å². The zero-order chi connectivity index (χ0) is 14.5. The molecule has 5 nitrogen and oxygen atoms in total. The molecule has 0 atom stereocenters. The van der Waals surface area contributed by atoms with Crippen molar-refractivity contribution in [1.82, 2.24) is 20.1 Å². The number of halogens is 1. The van der Waals surface area contributed by atoms with Crippen molar-refractivity contribution in [1.29, 1.82) is 0 Å². The van der Waals surface area contributed by atoms with E-state index in [-0.39, 0.29) is 0 Å². The fourth-order valence-electron chi connectivity index (χ4n) is 2.11. The minimum absolute atomic E-state index is 0.793. The molecule has 0 amide bonds. The Labute approximate surface area is 128 Å². The summed E-state index contributed by atoms with van der Waals surface area (Å²) >= 11 is 3.49. The van der Waals surface area contributed by atoms with Gasteiger partial charge in [-0.2, -0.15) is 5.10 Å². The van der Waals surface area contributed by atoms with Crippen LogP contribution in [0.3, 0.4) is 0 Å². The van der Waals surface area contributed by atoms with Crippen molar-refractivity contribution in [2.45, 2.75) is 20.0 Å². The number of anilines is 1. The standard InChI is InChI=1S/C14H20BrN5/c1-4-16-7-12-5-13(15)8-17-14(12)19(2)9-11-6-18-20(3)10-11/h5-6,8,10,16H,4,7,9H2,1-3H3. The van der Waals surface area contributed by atoms with Crippen LogP contribution in [0.5, 0.6) is 0 Å². The van der Waals surface area contributed by atoms with Gasteiger partial charge in [0.05, 0.1) is 6.20 Å². The number of rotatable bonds is 6. The predicted octanol–water partition coefficient (Wildman–Crippen LogP) is 2.32. The van der Waals surface area contributed by atoms with Crippen molar-refractivity contribution in [3.63, 3.8) is 0 Å². The molecule has 108 valence electrons. The van der Waals surface area contributed by atoms with E-state index in [0.717, 1.165) is 29.9 Å². The van der Waals surface area contributed by atoms with E-state index in [0.29, 0.717) is 0 Å². The predicted molar refractivity (Wildman–Crippen MR) is 84.6 cm³/mol.